The van der Waals surface area contributed by atoms with Crippen LogP contribution in [0.1, 0.15) is 58.1 Å². The quantitative estimate of drug-likeness (QED) is 0.772. The molecular formula is C15H21FO. The molecule has 0 saturated carbocycles. The van der Waals surface area contributed by atoms with Crippen LogP contribution in [0.3, 0.4) is 0 Å². The Morgan fingerprint density at radius 3 is 2.47 bits per heavy atom. The molecule has 0 saturated heterocycles. The van der Waals surface area contributed by atoms with E-state index in [2.05, 4.69) is 27.7 Å². The number of phenols is 1. The lowest BCUT2D eigenvalue weighted by Crippen LogP contribution is -2.36. The number of fused-ring (bicyclic) bond motifs is 1. The van der Waals surface area contributed by atoms with E-state index in [9.17, 15) is 9.50 Å². The third-order valence-electron chi connectivity index (χ3n) is 4.48. The summed E-state index contributed by atoms with van der Waals surface area (Å²) in [5.74, 6) is -0.219. The lowest BCUT2D eigenvalue weighted by atomic mass is 9.61. The Hall–Kier alpha value is -1.05. The number of rotatable bonds is 1. The van der Waals surface area contributed by atoms with Crippen molar-refractivity contribution >= 4 is 0 Å². The number of benzene rings is 1. The molecule has 0 bridgehead atoms. The van der Waals surface area contributed by atoms with Gasteiger partial charge in [-0.15, -0.1) is 0 Å². The Bertz CT molecular complexity index is 450. The van der Waals surface area contributed by atoms with Crippen LogP contribution in [0.25, 0.3) is 0 Å². The van der Waals surface area contributed by atoms with Crippen molar-refractivity contribution in [3.8, 4) is 5.75 Å². The molecule has 1 unspecified atom stereocenters. The van der Waals surface area contributed by atoms with Gasteiger partial charge in [0.1, 0.15) is 11.6 Å². The first-order chi connectivity index (χ1) is 7.80. The molecule has 0 fully saturated rings. The third kappa shape index (κ3) is 1.84. The molecular weight excluding hydrogens is 215 g/mol. The first-order valence-electron chi connectivity index (χ1n) is 6.34. The summed E-state index contributed by atoms with van der Waals surface area (Å²) < 4.78 is 14.1. The summed E-state index contributed by atoms with van der Waals surface area (Å²) in [6.45, 7) is 8.46. The zero-order chi connectivity index (χ0) is 12.8. The fourth-order valence-electron chi connectivity index (χ4n) is 2.97. The number of hydrogen-bond acceptors (Lipinski definition) is 1. The predicted octanol–water partition coefficient (Wildman–Crippen LogP) is 4.27. The van der Waals surface area contributed by atoms with Crippen molar-refractivity contribution in [3.63, 3.8) is 0 Å². The van der Waals surface area contributed by atoms with Gasteiger partial charge in [-0.05, 0) is 47.3 Å². The van der Waals surface area contributed by atoms with Crippen LogP contribution < -0.4 is 0 Å². The highest BCUT2D eigenvalue weighted by atomic mass is 19.1. The first kappa shape index (κ1) is 12.4. The van der Waals surface area contributed by atoms with Gasteiger partial charge >= 0.3 is 0 Å². The average Bonchev–Trinajstić information content (AvgIpc) is 2.23. The molecule has 17 heavy (non-hydrogen) atoms. The van der Waals surface area contributed by atoms with Crippen molar-refractivity contribution in [2.24, 2.45) is 0 Å². The standard InChI is InChI=1S/C15H21FO/c1-5-15(4)7-6-14(2,3)13-11(15)8-10(17)9-12(13)16/h8-9,17H,5-7H2,1-4H3. The average molecular weight is 236 g/mol. The zero-order valence-corrected chi connectivity index (χ0v) is 11.1. The lowest BCUT2D eigenvalue weighted by Gasteiger charge is -2.43. The minimum atomic E-state index is -0.260. The fraction of sp³-hybridized carbons (Fsp3) is 0.600. The van der Waals surface area contributed by atoms with Crippen molar-refractivity contribution in [2.75, 3.05) is 0 Å². The van der Waals surface area contributed by atoms with Crippen LogP contribution in [0.15, 0.2) is 12.1 Å². The second-order valence-electron chi connectivity index (χ2n) is 6.15. The van der Waals surface area contributed by atoms with Crippen molar-refractivity contribution in [1.29, 1.82) is 0 Å². The molecule has 2 heteroatoms. The van der Waals surface area contributed by atoms with Gasteiger partial charge in [0.25, 0.3) is 0 Å². The normalized spacial score (nSPS) is 26.6. The zero-order valence-electron chi connectivity index (χ0n) is 11.1. The van der Waals surface area contributed by atoms with Gasteiger partial charge in [0.15, 0.2) is 0 Å². The second-order valence-corrected chi connectivity index (χ2v) is 6.15. The fourth-order valence-corrected chi connectivity index (χ4v) is 2.97. The summed E-state index contributed by atoms with van der Waals surface area (Å²) in [6.07, 6.45) is 3.01. The third-order valence-corrected chi connectivity index (χ3v) is 4.48. The highest BCUT2D eigenvalue weighted by Crippen LogP contribution is 2.49. The minimum absolute atomic E-state index is 0.00949. The van der Waals surface area contributed by atoms with E-state index >= 15 is 0 Å². The molecule has 94 valence electrons. The van der Waals surface area contributed by atoms with Crippen LogP contribution in [0.5, 0.6) is 5.75 Å². The van der Waals surface area contributed by atoms with Gasteiger partial charge in [0.2, 0.25) is 0 Å². The van der Waals surface area contributed by atoms with E-state index in [0.29, 0.717) is 0 Å². The molecule has 0 spiro atoms. The molecule has 1 aromatic carbocycles. The van der Waals surface area contributed by atoms with Crippen molar-refractivity contribution in [2.45, 2.75) is 57.8 Å². The summed E-state index contributed by atoms with van der Waals surface area (Å²) in [4.78, 5) is 0. The maximum atomic E-state index is 14.1. The molecule has 1 nitrogen and oxygen atoms in total. The Morgan fingerprint density at radius 1 is 1.24 bits per heavy atom. The van der Waals surface area contributed by atoms with Gasteiger partial charge in [-0.3, -0.25) is 0 Å². The Kier molecular flexibility index (Phi) is 2.72. The van der Waals surface area contributed by atoms with Crippen LogP contribution in [-0.4, -0.2) is 5.11 Å². The maximum Gasteiger partial charge on any atom is 0.130 e. The predicted molar refractivity (Wildman–Crippen MR) is 68.0 cm³/mol. The van der Waals surface area contributed by atoms with E-state index < -0.39 is 0 Å². The molecule has 2 rings (SSSR count). The van der Waals surface area contributed by atoms with E-state index in [-0.39, 0.29) is 22.4 Å². The SMILES string of the molecule is CCC1(C)CCC(C)(C)c2c(F)cc(O)cc21. The number of phenolic OH excluding ortho intramolecular Hbond substituents is 1. The van der Waals surface area contributed by atoms with E-state index in [1.165, 1.54) is 6.07 Å². The molecule has 0 radical (unpaired) electrons. The van der Waals surface area contributed by atoms with E-state index in [0.717, 1.165) is 30.4 Å². The van der Waals surface area contributed by atoms with Crippen molar-refractivity contribution < 1.29 is 9.50 Å². The van der Waals surface area contributed by atoms with E-state index in [1.807, 2.05) is 0 Å². The molecule has 1 N–H and O–H groups in total. The monoisotopic (exact) mass is 236 g/mol. The highest BCUT2D eigenvalue weighted by molar-refractivity contribution is 5.46. The van der Waals surface area contributed by atoms with Gasteiger partial charge in [-0.25, -0.2) is 4.39 Å². The van der Waals surface area contributed by atoms with Gasteiger partial charge in [0, 0.05) is 6.07 Å². The molecule has 1 aliphatic carbocycles. The molecule has 0 amide bonds. The van der Waals surface area contributed by atoms with Gasteiger partial charge in [0.05, 0.1) is 0 Å². The smallest absolute Gasteiger partial charge is 0.130 e. The number of aromatic hydroxyl groups is 1. The summed E-state index contributed by atoms with van der Waals surface area (Å²) in [6, 6.07) is 2.99. The largest absolute Gasteiger partial charge is 0.508 e. The van der Waals surface area contributed by atoms with Crippen LogP contribution in [0.4, 0.5) is 4.39 Å². The first-order valence-corrected chi connectivity index (χ1v) is 6.34. The number of halogens is 1. The Labute approximate surface area is 103 Å². The Morgan fingerprint density at radius 2 is 1.88 bits per heavy atom. The Balaban J connectivity index is 2.73. The van der Waals surface area contributed by atoms with Crippen molar-refractivity contribution in [1.82, 2.24) is 0 Å². The molecule has 1 atom stereocenters. The summed E-state index contributed by atoms with van der Waals surface area (Å²) in [5, 5.41) is 9.63. The van der Waals surface area contributed by atoms with Crippen molar-refractivity contribution in [3.05, 3.63) is 29.1 Å². The van der Waals surface area contributed by atoms with Gasteiger partial charge < -0.3 is 5.11 Å². The minimum Gasteiger partial charge on any atom is -0.508 e. The van der Waals surface area contributed by atoms with E-state index in [1.54, 1.807) is 6.07 Å². The van der Waals surface area contributed by atoms with Crippen LogP contribution in [-0.2, 0) is 10.8 Å². The summed E-state index contributed by atoms with van der Waals surface area (Å²) in [5.41, 5.74) is 1.64. The van der Waals surface area contributed by atoms with Crippen LogP contribution in [0.2, 0.25) is 0 Å². The summed E-state index contributed by atoms with van der Waals surface area (Å²) >= 11 is 0. The molecule has 0 aliphatic heterocycles. The highest BCUT2D eigenvalue weighted by Gasteiger charge is 2.40. The van der Waals surface area contributed by atoms with Gasteiger partial charge in [-0.1, -0.05) is 27.7 Å². The van der Waals surface area contributed by atoms with Crippen LogP contribution >= 0.6 is 0 Å². The summed E-state index contributed by atoms with van der Waals surface area (Å²) in [7, 11) is 0. The molecule has 0 heterocycles. The van der Waals surface area contributed by atoms with Crippen LogP contribution in [0, 0.1) is 5.82 Å². The molecule has 1 aliphatic rings. The van der Waals surface area contributed by atoms with Gasteiger partial charge in [-0.2, -0.15) is 0 Å². The second kappa shape index (κ2) is 3.72. The lowest BCUT2D eigenvalue weighted by molar-refractivity contribution is 0.293. The maximum absolute atomic E-state index is 14.1. The molecule has 1 aromatic rings. The van der Waals surface area contributed by atoms with E-state index in [4.69, 9.17) is 0 Å². The molecule has 0 aromatic heterocycles. The number of hydrogen-bond donors (Lipinski definition) is 1. The topological polar surface area (TPSA) is 20.2 Å².